The number of hydrogen-bond acceptors (Lipinski definition) is 14. The number of carboxylic acid groups (broad SMARTS) is 1. The van der Waals surface area contributed by atoms with Crippen molar-refractivity contribution in [2.45, 2.75) is 23.5 Å². The first kappa shape index (κ1) is 23.8. The minimum Gasteiger partial charge on any atom is -0.477 e. The molecule has 0 unspecified atom stereocenters. The lowest BCUT2D eigenvalue weighted by atomic mass is 10.0. The van der Waals surface area contributed by atoms with Gasteiger partial charge in [-0.2, -0.15) is 0 Å². The highest BCUT2D eigenvalue weighted by Crippen LogP contribution is 2.41. The Kier molecular flexibility index (Phi) is 6.89. The standard InChI is InChI=1S/C16H18N10O5S3/c1-2-31-22-8(7-5-33-15(17)19-7)11(27)20-9-12(28)25-10(14(29)30)6(3-32-13(9)25)4-34-16-21-23-24-26(16)18/h5,9,13H,2-4,18H2,1H3,(H2,17,19)(H,20,27)(H,29,30)/t9-,13+/m1/s1. The molecule has 0 aromatic carbocycles. The minimum atomic E-state index is -1.25. The molecule has 2 aromatic heterocycles. The average Bonchev–Trinajstić information content (AvgIpc) is 3.43. The summed E-state index contributed by atoms with van der Waals surface area (Å²) in [5.74, 6) is 3.64. The van der Waals surface area contributed by atoms with Gasteiger partial charge < -0.3 is 26.8 Å². The van der Waals surface area contributed by atoms with E-state index in [-0.39, 0.29) is 34.6 Å². The monoisotopic (exact) mass is 526 g/mol. The highest BCUT2D eigenvalue weighted by atomic mass is 32.2. The summed E-state index contributed by atoms with van der Waals surface area (Å²) in [5, 5.41) is 28.4. The van der Waals surface area contributed by atoms with Gasteiger partial charge in [-0.05, 0) is 22.9 Å². The van der Waals surface area contributed by atoms with Gasteiger partial charge in [-0.3, -0.25) is 14.5 Å². The Hall–Kier alpha value is -3.38. The molecule has 2 aromatic rings. The van der Waals surface area contributed by atoms with E-state index in [0.717, 1.165) is 27.9 Å². The summed E-state index contributed by atoms with van der Waals surface area (Å²) >= 11 is 3.60. The Morgan fingerprint density at radius 3 is 2.88 bits per heavy atom. The lowest BCUT2D eigenvalue weighted by Crippen LogP contribution is -2.71. The fourth-order valence-corrected chi connectivity index (χ4v) is 5.99. The van der Waals surface area contributed by atoms with Crippen LogP contribution in [0.1, 0.15) is 12.6 Å². The second-order valence-electron chi connectivity index (χ2n) is 6.74. The van der Waals surface area contributed by atoms with Gasteiger partial charge in [0.2, 0.25) is 5.16 Å². The Bertz CT molecular complexity index is 1190. The van der Waals surface area contributed by atoms with Crippen molar-refractivity contribution in [3.05, 3.63) is 22.3 Å². The zero-order valence-corrected chi connectivity index (χ0v) is 19.9. The lowest BCUT2D eigenvalue weighted by molar-refractivity contribution is -0.150. The van der Waals surface area contributed by atoms with E-state index in [4.69, 9.17) is 16.4 Å². The molecule has 0 radical (unpaired) electrons. The summed E-state index contributed by atoms with van der Waals surface area (Å²) in [5.41, 5.74) is 6.11. The Morgan fingerprint density at radius 2 is 2.26 bits per heavy atom. The molecule has 0 spiro atoms. The van der Waals surface area contributed by atoms with Crippen LogP contribution in [-0.4, -0.2) is 88.3 Å². The van der Waals surface area contributed by atoms with Crippen LogP contribution in [0.25, 0.3) is 0 Å². The number of hydrogen-bond donors (Lipinski definition) is 4. The van der Waals surface area contributed by atoms with Crippen LogP contribution in [0.2, 0.25) is 0 Å². The predicted octanol–water partition coefficient (Wildman–Crippen LogP) is -1.30. The number of carbonyl (C=O) groups is 3. The molecule has 1 fully saturated rings. The van der Waals surface area contributed by atoms with Crippen molar-refractivity contribution in [2.24, 2.45) is 5.16 Å². The van der Waals surface area contributed by atoms with Gasteiger partial charge in [0.25, 0.3) is 11.8 Å². The minimum absolute atomic E-state index is 0.127. The summed E-state index contributed by atoms with van der Waals surface area (Å²) in [6.07, 6.45) is 0. The summed E-state index contributed by atoms with van der Waals surface area (Å²) < 4.78 is 0. The molecule has 4 rings (SSSR count). The number of nitrogens with zero attached hydrogens (tertiary/aromatic N) is 7. The zero-order chi connectivity index (χ0) is 24.4. The SMILES string of the molecule is CCON=C(C(=O)N[C@@H]1C(=O)N2C(C(=O)O)=C(CSc3nnnn3N)CS[C@@H]12)c1csc(N)n1. The number of rotatable bonds is 9. The van der Waals surface area contributed by atoms with E-state index >= 15 is 0 Å². The van der Waals surface area contributed by atoms with Crippen LogP contribution in [0.15, 0.2) is 27.0 Å². The molecule has 4 heterocycles. The van der Waals surface area contributed by atoms with Crippen LogP contribution < -0.4 is 16.9 Å². The quantitative estimate of drug-likeness (QED) is 0.0983. The molecule has 0 bridgehead atoms. The number of oxime groups is 1. The number of fused-ring (bicyclic) bond motifs is 1. The van der Waals surface area contributed by atoms with Crippen molar-refractivity contribution in [3.8, 4) is 0 Å². The first-order valence-corrected chi connectivity index (χ1v) is 12.5. The number of aromatic nitrogens is 5. The highest BCUT2D eigenvalue weighted by molar-refractivity contribution is 8.01. The third-order valence-electron chi connectivity index (χ3n) is 4.64. The van der Waals surface area contributed by atoms with E-state index < -0.39 is 29.2 Å². The number of nitrogens with two attached hydrogens (primary N) is 2. The molecular formula is C16H18N10O5S3. The maximum absolute atomic E-state index is 12.9. The number of nitrogens with one attached hydrogen (secondary N) is 1. The number of thiazole rings is 1. The summed E-state index contributed by atoms with van der Waals surface area (Å²) in [4.78, 5) is 49.0. The molecule has 2 atom stereocenters. The maximum Gasteiger partial charge on any atom is 0.352 e. The molecule has 1 saturated heterocycles. The number of aliphatic carboxylic acids is 1. The van der Waals surface area contributed by atoms with Gasteiger partial charge >= 0.3 is 5.97 Å². The van der Waals surface area contributed by atoms with Crippen molar-refractivity contribution in [2.75, 3.05) is 29.7 Å². The number of thioether (sulfide) groups is 2. The molecule has 2 amide bonds. The molecule has 2 aliphatic heterocycles. The van der Waals surface area contributed by atoms with Gasteiger partial charge in [-0.15, -0.1) is 27.9 Å². The first-order chi connectivity index (χ1) is 16.3. The summed E-state index contributed by atoms with van der Waals surface area (Å²) in [7, 11) is 0. The van der Waals surface area contributed by atoms with Gasteiger partial charge in [0.05, 0.1) is 0 Å². The number of β-lactam (4-membered cyclic amide) rings is 1. The molecule has 180 valence electrons. The lowest BCUT2D eigenvalue weighted by Gasteiger charge is -2.49. The second kappa shape index (κ2) is 9.85. The van der Waals surface area contributed by atoms with Crippen molar-refractivity contribution in [3.63, 3.8) is 0 Å². The predicted molar refractivity (Wildman–Crippen MR) is 123 cm³/mol. The van der Waals surface area contributed by atoms with Gasteiger partial charge in [-0.25, -0.2) is 9.78 Å². The second-order valence-corrected chi connectivity index (χ2v) is 9.68. The molecule has 0 aliphatic carbocycles. The first-order valence-electron chi connectivity index (χ1n) is 9.60. The van der Waals surface area contributed by atoms with Gasteiger partial charge in [-0.1, -0.05) is 22.0 Å². The van der Waals surface area contributed by atoms with Crippen molar-refractivity contribution >= 4 is 63.5 Å². The van der Waals surface area contributed by atoms with E-state index in [1.807, 2.05) is 0 Å². The van der Waals surface area contributed by atoms with E-state index in [2.05, 4.69) is 31.0 Å². The Labute approximate surface area is 203 Å². The van der Waals surface area contributed by atoms with Gasteiger partial charge in [0.15, 0.2) is 10.8 Å². The average molecular weight is 527 g/mol. The smallest absolute Gasteiger partial charge is 0.352 e. The Morgan fingerprint density at radius 1 is 1.47 bits per heavy atom. The molecule has 34 heavy (non-hydrogen) atoms. The molecule has 2 aliphatic rings. The van der Waals surface area contributed by atoms with Crippen molar-refractivity contribution < 1.29 is 24.3 Å². The molecule has 0 saturated carbocycles. The van der Waals surface area contributed by atoms with Crippen LogP contribution in [0.3, 0.4) is 0 Å². The van der Waals surface area contributed by atoms with Crippen molar-refractivity contribution in [1.82, 2.24) is 35.5 Å². The van der Waals surface area contributed by atoms with Crippen LogP contribution in [-0.2, 0) is 19.2 Å². The van der Waals surface area contributed by atoms with Gasteiger partial charge in [0, 0.05) is 16.9 Å². The third kappa shape index (κ3) is 4.50. The van der Waals surface area contributed by atoms with E-state index in [1.165, 1.54) is 16.7 Å². The number of tetrazole rings is 1. The fraction of sp³-hybridized carbons (Fsp3) is 0.375. The van der Waals surface area contributed by atoms with Crippen LogP contribution >= 0.6 is 34.9 Å². The summed E-state index contributed by atoms with van der Waals surface area (Å²) in [6, 6.07) is -0.944. The van der Waals surface area contributed by atoms with Gasteiger partial charge in [0.1, 0.15) is 29.4 Å². The zero-order valence-electron chi connectivity index (χ0n) is 17.4. The van der Waals surface area contributed by atoms with E-state index in [9.17, 15) is 19.5 Å². The molecule has 18 heteroatoms. The maximum atomic E-state index is 12.9. The molecular weight excluding hydrogens is 508 g/mol. The van der Waals surface area contributed by atoms with Crippen molar-refractivity contribution in [1.29, 1.82) is 0 Å². The summed E-state index contributed by atoms with van der Waals surface area (Å²) in [6.45, 7) is 1.92. The number of anilines is 1. The number of carbonyl (C=O) groups excluding carboxylic acids is 2. The number of carboxylic acids is 1. The third-order valence-corrected chi connectivity index (χ3v) is 7.67. The van der Waals surface area contributed by atoms with Crippen LogP contribution in [0.4, 0.5) is 5.13 Å². The molecule has 15 nitrogen and oxygen atoms in total. The highest BCUT2D eigenvalue weighted by Gasteiger charge is 2.54. The van der Waals surface area contributed by atoms with Crippen LogP contribution in [0, 0.1) is 0 Å². The van der Waals surface area contributed by atoms with E-state index in [1.54, 1.807) is 12.3 Å². The largest absolute Gasteiger partial charge is 0.477 e. The van der Waals surface area contributed by atoms with Crippen LogP contribution in [0.5, 0.6) is 0 Å². The number of amides is 2. The normalized spacial score (nSPS) is 20.1. The number of nitrogen functional groups attached to an aromatic ring is 2. The van der Waals surface area contributed by atoms with E-state index in [0.29, 0.717) is 16.5 Å². The fourth-order valence-electron chi connectivity index (χ4n) is 3.17. The topological polar surface area (TPSA) is 217 Å². The molecule has 6 N–H and O–H groups in total. The Balaban J connectivity index is 1.49.